The lowest BCUT2D eigenvalue weighted by Crippen LogP contribution is -2.36. The highest BCUT2D eigenvalue weighted by molar-refractivity contribution is 7.89. The van der Waals surface area contributed by atoms with Crippen LogP contribution in [0.2, 0.25) is 0 Å². The summed E-state index contributed by atoms with van der Waals surface area (Å²) in [5, 5.41) is 11.5. The molecule has 0 heterocycles. The second-order valence-corrected chi connectivity index (χ2v) is 6.85. The van der Waals surface area contributed by atoms with Crippen LogP contribution in [0.25, 0.3) is 0 Å². The van der Waals surface area contributed by atoms with E-state index in [-0.39, 0.29) is 4.90 Å². The van der Waals surface area contributed by atoms with Crippen LogP contribution in [0.3, 0.4) is 0 Å². The smallest absolute Gasteiger partial charge is 0.238 e. The van der Waals surface area contributed by atoms with Gasteiger partial charge in [-0.2, -0.15) is 0 Å². The summed E-state index contributed by atoms with van der Waals surface area (Å²) in [6.45, 7) is 0.954. The zero-order chi connectivity index (χ0) is 18.3. The normalized spacial score (nSPS) is 11.9. The van der Waals surface area contributed by atoms with Crippen molar-refractivity contribution in [2.45, 2.75) is 18.0 Å². The molecule has 4 N–H and O–H groups in total. The third-order valence-electron chi connectivity index (χ3n) is 3.55. The van der Waals surface area contributed by atoms with Gasteiger partial charge in [0.15, 0.2) is 5.96 Å². The molecule has 2 rings (SSSR count). The molecule has 8 heteroatoms. The summed E-state index contributed by atoms with van der Waals surface area (Å²) in [5.74, 6) is 1.39. The van der Waals surface area contributed by atoms with Gasteiger partial charge in [0.25, 0.3) is 0 Å². The van der Waals surface area contributed by atoms with E-state index in [1.54, 1.807) is 20.2 Å². The van der Waals surface area contributed by atoms with Gasteiger partial charge in [0.1, 0.15) is 5.75 Å². The lowest BCUT2D eigenvalue weighted by atomic mass is 10.2. The molecular formula is C17H22N4O3S. The van der Waals surface area contributed by atoms with E-state index in [2.05, 4.69) is 15.6 Å². The van der Waals surface area contributed by atoms with Gasteiger partial charge in [0, 0.05) is 25.7 Å². The van der Waals surface area contributed by atoms with Gasteiger partial charge < -0.3 is 15.4 Å². The summed E-state index contributed by atoms with van der Waals surface area (Å²) < 4.78 is 28.1. The molecule has 0 aromatic heterocycles. The number of hydrogen-bond donors (Lipinski definition) is 3. The fraction of sp³-hybridized carbons (Fsp3) is 0.235. The van der Waals surface area contributed by atoms with Gasteiger partial charge in [0.2, 0.25) is 10.0 Å². The van der Waals surface area contributed by atoms with Gasteiger partial charge in [-0.05, 0) is 23.8 Å². The van der Waals surface area contributed by atoms with Crippen LogP contribution >= 0.6 is 0 Å². The van der Waals surface area contributed by atoms with Crippen molar-refractivity contribution in [3.63, 3.8) is 0 Å². The summed E-state index contributed by atoms with van der Waals surface area (Å²) in [6.07, 6.45) is 0. The van der Waals surface area contributed by atoms with Gasteiger partial charge in [-0.25, -0.2) is 13.6 Å². The van der Waals surface area contributed by atoms with E-state index in [9.17, 15) is 8.42 Å². The lowest BCUT2D eigenvalue weighted by Gasteiger charge is -2.14. The third-order valence-corrected chi connectivity index (χ3v) is 4.46. The standard InChI is InChI=1S/C17H22N4O3S/c1-19-17(21-12-14-7-3-4-9-16(14)24-2)20-11-13-6-5-8-15(10-13)25(18,22)23/h3-10H,11-12H2,1-2H3,(H2,18,22,23)(H2,19,20,21). The van der Waals surface area contributed by atoms with E-state index in [1.165, 1.54) is 12.1 Å². The molecule has 134 valence electrons. The number of sulfonamides is 1. The molecule has 0 aliphatic carbocycles. The summed E-state index contributed by atoms with van der Waals surface area (Å²) in [6, 6.07) is 14.2. The molecule has 2 aromatic rings. The second-order valence-electron chi connectivity index (χ2n) is 5.28. The molecule has 0 unspecified atom stereocenters. The molecule has 0 saturated carbocycles. The SMILES string of the molecule is CN=C(NCc1cccc(S(N)(=O)=O)c1)NCc1ccccc1OC. The molecule has 0 saturated heterocycles. The molecule has 0 radical (unpaired) electrons. The highest BCUT2D eigenvalue weighted by Crippen LogP contribution is 2.16. The topological polar surface area (TPSA) is 106 Å². The van der Waals surface area contributed by atoms with E-state index >= 15 is 0 Å². The highest BCUT2D eigenvalue weighted by Gasteiger charge is 2.08. The van der Waals surface area contributed by atoms with E-state index in [0.29, 0.717) is 19.0 Å². The third kappa shape index (κ3) is 5.47. The largest absolute Gasteiger partial charge is 0.496 e. The molecule has 0 aliphatic rings. The number of rotatable bonds is 6. The number of para-hydroxylation sites is 1. The molecule has 0 aliphatic heterocycles. The van der Waals surface area contributed by atoms with Gasteiger partial charge in [-0.1, -0.05) is 30.3 Å². The first-order chi connectivity index (χ1) is 11.9. The van der Waals surface area contributed by atoms with Crippen LogP contribution in [0.1, 0.15) is 11.1 Å². The minimum absolute atomic E-state index is 0.0868. The monoisotopic (exact) mass is 362 g/mol. The van der Waals surface area contributed by atoms with Crippen LogP contribution in [0.5, 0.6) is 5.75 Å². The number of hydrogen-bond acceptors (Lipinski definition) is 4. The summed E-state index contributed by atoms with van der Waals surface area (Å²) in [4.78, 5) is 4.24. The second kappa shape index (κ2) is 8.50. The average Bonchev–Trinajstić information content (AvgIpc) is 2.61. The molecule has 25 heavy (non-hydrogen) atoms. The zero-order valence-corrected chi connectivity index (χ0v) is 15.0. The number of aliphatic imine (C=N–C) groups is 1. The number of nitrogens with one attached hydrogen (secondary N) is 2. The Hall–Kier alpha value is -2.58. The molecule has 0 bridgehead atoms. The Balaban J connectivity index is 1.97. The molecule has 0 atom stereocenters. The predicted octanol–water partition coefficient (Wildman–Crippen LogP) is 1.21. The van der Waals surface area contributed by atoms with Crippen molar-refractivity contribution < 1.29 is 13.2 Å². The molecule has 0 fully saturated rings. The number of nitrogens with zero attached hydrogens (tertiary/aromatic N) is 1. The minimum atomic E-state index is -3.71. The van der Waals surface area contributed by atoms with E-state index in [4.69, 9.17) is 9.88 Å². The number of primary sulfonamides is 1. The van der Waals surface area contributed by atoms with E-state index in [1.807, 2.05) is 30.3 Å². The van der Waals surface area contributed by atoms with Crippen molar-refractivity contribution in [3.8, 4) is 5.75 Å². The first-order valence-corrected chi connectivity index (χ1v) is 9.17. The van der Waals surface area contributed by atoms with Crippen molar-refractivity contribution >= 4 is 16.0 Å². The maximum Gasteiger partial charge on any atom is 0.238 e. The molecule has 7 nitrogen and oxygen atoms in total. The van der Waals surface area contributed by atoms with Gasteiger partial charge in [-0.3, -0.25) is 4.99 Å². The Bertz CT molecular complexity index is 850. The van der Waals surface area contributed by atoms with Crippen molar-refractivity contribution in [2.24, 2.45) is 10.1 Å². The Labute approximate surface area is 148 Å². The number of nitrogens with two attached hydrogens (primary N) is 1. The maximum absolute atomic E-state index is 11.4. The number of ether oxygens (including phenoxy) is 1. The number of guanidine groups is 1. The van der Waals surface area contributed by atoms with Gasteiger partial charge in [-0.15, -0.1) is 0 Å². The van der Waals surface area contributed by atoms with E-state index < -0.39 is 10.0 Å². The van der Waals surface area contributed by atoms with E-state index in [0.717, 1.165) is 16.9 Å². The molecule has 2 aromatic carbocycles. The molecule has 0 amide bonds. The van der Waals surface area contributed by atoms with Crippen molar-refractivity contribution in [3.05, 3.63) is 59.7 Å². The molecule has 0 spiro atoms. The van der Waals surface area contributed by atoms with Crippen LogP contribution in [0.4, 0.5) is 0 Å². The van der Waals surface area contributed by atoms with Crippen LogP contribution < -0.4 is 20.5 Å². The number of benzene rings is 2. The van der Waals surface area contributed by atoms with Gasteiger partial charge >= 0.3 is 0 Å². The Kier molecular flexibility index (Phi) is 6.37. The maximum atomic E-state index is 11.4. The first kappa shape index (κ1) is 18.8. The first-order valence-electron chi connectivity index (χ1n) is 7.62. The fourth-order valence-electron chi connectivity index (χ4n) is 2.27. The van der Waals surface area contributed by atoms with Crippen molar-refractivity contribution in [2.75, 3.05) is 14.2 Å². The minimum Gasteiger partial charge on any atom is -0.496 e. The highest BCUT2D eigenvalue weighted by atomic mass is 32.2. The van der Waals surface area contributed by atoms with Crippen LogP contribution in [0, 0.1) is 0 Å². The van der Waals surface area contributed by atoms with Gasteiger partial charge in [0.05, 0.1) is 12.0 Å². The van der Waals surface area contributed by atoms with Crippen LogP contribution in [-0.4, -0.2) is 28.5 Å². The van der Waals surface area contributed by atoms with Crippen LogP contribution in [-0.2, 0) is 23.1 Å². The zero-order valence-electron chi connectivity index (χ0n) is 14.2. The summed E-state index contributed by atoms with van der Waals surface area (Å²) >= 11 is 0. The van der Waals surface area contributed by atoms with Crippen LogP contribution in [0.15, 0.2) is 58.4 Å². The lowest BCUT2D eigenvalue weighted by molar-refractivity contribution is 0.409. The molecular weight excluding hydrogens is 340 g/mol. The predicted molar refractivity (Wildman–Crippen MR) is 97.8 cm³/mol. The summed E-state index contributed by atoms with van der Waals surface area (Å²) in [5.41, 5.74) is 1.79. The van der Waals surface area contributed by atoms with Crippen molar-refractivity contribution in [1.29, 1.82) is 0 Å². The quantitative estimate of drug-likeness (QED) is 0.529. The average molecular weight is 362 g/mol. The Morgan fingerprint density at radius 2 is 1.84 bits per heavy atom. The van der Waals surface area contributed by atoms with Crippen molar-refractivity contribution in [1.82, 2.24) is 10.6 Å². The Morgan fingerprint density at radius 1 is 1.12 bits per heavy atom. The number of methoxy groups -OCH3 is 1. The fourth-order valence-corrected chi connectivity index (χ4v) is 2.85. The Morgan fingerprint density at radius 3 is 2.52 bits per heavy atom. The summed E-state index contributed by atoms with van der Waals surface area (Å²) in [7, 11) is -0.417.